The second-order valence-corrected chi connectivity index (χ2v) is 5.13. The van der Waals surface area contributed by atoms with Gasteiger partial charge in [0.05, 0.1) is 0 Å². The monoisotopic (exact) mass is 306 g/mol. The average molecular weight is 307 g/mol. The molecule has 0 bridgehead atoms. The zero-order chi connectivity index (χ0) is 13.9. The first kappa shape index (κ1) is 15.5. The standard InChI is InChI=1S/C15H18N4O.ClH/c1-10-3-2-4-11(7-10)8-17-15(20)14-12-9-16-6-5-13(12)18-19-14;/h2-4,7,16H,5-6,8-9H2,1H3,(H,17,20)(H,18,19);1H. The number of fused-ring (bicyclic) bond motifs is 1. The lowest BCUT2D eigenvalue weighted by Crippen LogP contribution is -2.28. The Balaban J connectivity index is 0.00000161. The van der Waals surface area contributed by atoms with Crippen molar-refractivity contribution < 1.29 is 4.79 Å². The van der Waals surface area contributed by atoms with Crippen LogP contribution >= 0.6 is 12.4 Å². The summed E-state index contributed by atoms with van der Waals surface area (Å²) in [7, 11) is 0. The molecule has 0 radical (unpaired) electrons. The summed E-state index contributed by atoms with van der Waals surface area (Å²) >= 11 is 0. The van der Waals surface area contributed by atoms with Gasteiger partial charge in [0.1, 0.15) is 0 Å². The summed E-state index contributed by atoms with van der Waals surface area (Å²) in [5, 5.41) is 13.3. The van der Waals surface area contributed by atoms with Crippen LogP contribution in [0.1, 0.15) is 32.9 Å². The van der Waals surface area contributed by atoms with E-state index in [0.29, 0.717) is 18.8 Å². The molecular formula is C15H19ClN4O. The molecule has 0 aliphatic carbocycles. The lowest BCUT2D eigenvalue weighted by molar-refractivity contribution is 0.0944. The Morgan fingerprint density at radius 3 is 3.10 bits per heavy atom. The zero-order valence-corrected chi connectivity index (χ0v) is 12.7. The second-order valence-electron chi connectivity index (χ2n) is 5.13. The maximum Gasteiger partial charge on any atom is 0.272 e. The smallest absolute Gasteiger partial charge is 0.272 e. The van der Waals surface area contributed by atoms with Crippen LogP contribution in [0, 0.1) is 6.92 Å². The number of aromatic nitrogens is 2. The molecule has 3 N–H and O–H groups in total. The van der Waals surface area contributed by atoms with Crippen molar-refractivity contribution in [2.45, 2.75) is 26.4 Å². The van der Waals surface area contributed by atoms with Gasteiger partial charge in [-0.2, -0.15) is 5.10 Å². The van der Waals surface area contributed by atoms with Gasteiger partial charge in [0.15, 0.2) is 5.69 Å². The van der Waals surface area contributed by atoms with Crippen LogP contribution < -0.4 is 10.6 Å². The van der Waals surface area contributed by atoms with Crippen molar-refractivity contribution in [2.75, 3.05) is 6.54 Å². The molecule has 0 saturated carbocycles. The third kappa shape index (κ3) is 3.43. The third-order valence-electron chi connectivity index (χ3n) is 3.56. The molecule has 1 aromatic heterocycles. The molecular weight excluding hydrogens is 288 g/mol. The second kappa shape index (κ2) is 6.74. The van der Waals surface area contributed by atoms with Crippen molar-refractivity contribution in [2.24, 2.45) is 0 Å². The number of hydrogen-bond donors (Lipinski definition) is 3. The van der Waals surface area contributed by atoms with Gasteiger partial charge >= 0.3 is 0 Å². The summed E-state index contributed by atoms with van der Waals surface area (Å²) in [6.07, 6.45) is 0.896. The predicted molar refractivity (Wildman–Crippen MR) is 83.6 cm³/mol. The normalized spacial score (nSPS) is 13.2. The Morgan fingerprint density at radius 1 is 1.43 bits per heavy atom. The molecule has 112 valence electrons. The molecule has 2 aromatic rings. The van der Waals surface area contributed by atoms with E-state index in [2.05, 4.69) is 26.9 Å². The van der Waals surface area contributed by atoms with Gasteiger partial charge in [-0.3, -0.25) is 9.89 Å². The average Bonchev–Trinajstić information content (AvgIpc) is 2.89. The number of nitrogens with zero attached hydrogens (tertiary/aromatic N) is 1. The van der Waals surface area contributed by atoms with Crippen molar-refractivity contribution in [3.05, 3.63) is 52.3 Å². The Labute approximate surface area is 129 Å². The molecule has 6 heteroatoms. The number of hydrogen-bond acceptors (Lipinski definition) is 3. The van der Waals surface area contributed by atoms with E-state index in [9.17, 15) is 4.79 Å². The maximum atomic E-state index is 12.2. The fraction of sp³-hybridized carbons (Fsp3) is 0.333. The van der Waals surface area contributed by atoms with Gasteiger partial charge in [0, 0.05) is 37.3 Å². The number of carbonyl (C=O) groups excluding carboxylic acids is 1. The summed E-state index contributed by atoms with van der Waals surface area (Å²) in [6.45, 7) is 4.20. The quantitative estimate of drug-likeness (QED) is 0.808. The molecule has 21 heavy (non-hydrogen) atoms. The highest BCUT2D eigenvalue weighted by Gasteiger charge is 2.21. The van der Waals surface area contributed by atoms with Crippen molar-refractivity contribution >= 4 is 18.3 Å². The first-order valence-electron chi connectivity index (χ1n) is 6.84. The van der Waals surface area contributed by atoms with Crippen LogP contribution in [0.25, 0.3) is 0 Å². The minimum absolute atomic E-state index is 0. The summed E-state index contributed by atoms with van der Waals surface area (Å²) in [5.41, 5.74) is 4.88. The van der Waals surface area contributed by atoms with Gasteiger partial charge in [-0.15, -0.1) is 12.4 Å². The minimum atomic E-state index is -0.118. The van der Waals surface area contributed by atoms with Gasteiger partial charge < -0.3 is 10.6 Å². The van der Waals surface area contributed by atoms with E-state index >= 15 is 0 Å². The molecule has 5 nitrogen and oxygen atoms in total. The van der Waals surface area contributed by atoms with Crippen molar-refractivity contribution in [1.82, 2.24) is 20.8 Å². The molecule has 3 rings (SSSR count). The van der Waals surface area contributed by atoms with E-state index in [1.807, 2.05) is 25.1 Å². The highest BCUT2D eigenvalue weighted by molar-refractivity contribution is 5.94. The molecule has 0 atom stereocenters. The Kier molecular flexibility index (Phi) is 4.98. The van der Waals surface area contributed by atoms with Crippen LogP contribution in [0.5, 0.6) is 0 Å². The summed E-state index contributed by atoms with van der Waals surface area (Å²) in [6, 6.07) is 8.12. The number of halogens is 1. The van der Waals surface area contributed by atoms with E-state index < -0.39 is 0 Å². The molecule has 0 unspecified atom stereocenters. The van der Waals surface area contributed by atoms with Gasteiger partial charge in [0.25, 0.3) is 5.91 Å². The molecule has 2 heterocycles. The van der Waals surface area contributed by atoms with Crippen LogP contribution in [-0.2, 0) is 19.5 Å². The number of nitrogens with one attached hydrogen (secondary N) is 3. The van der Waals surface area contributed by atoms with Crippen LogP contribution in [0.4, 0.5) is 0 Å². The lowest BCUT2D eigenvalue weighted by atomic mass is 10.1. The summed E-state index contributed by atoms with van der Waals surface area (Å²) in [4.78, 5) is 12.2. The highest BCUT2D eigenvalue weighted by Crippen LogP contribution is 2.15. The lowest BCUT2D eigenvalue weighted by Gasteiger charge is -2.12. The van der Waals surface area contributed by atoms with Crippen LogP contribution in [0.2, 0.25) is 0 Å². The van der Waals surface area contributed by atoms with Crippen LogP contribution in [0.15, 0.2) is 24.3 Å². The molecule has 1 amide bonds. The Bertz CT molecular complexity index is 638. The van der Waals surface area contributed by atoms with Crippen molar-refractivity contribution in [3.63, 3.8) is 0 Å². The number of H-pyrrole nitrogens is 1. The first-order chi connectivity index (χ1) is 9.74. The fourth-order valence-electron chi connectivity index (χ4n) is 2.50. The molecule has 1 aliphatic rings. The van der Waals surface area contributed by atoms with E-state index in [0.717, 1.165) is 29.8 Å². The number of aryl methyl sites for hydroxylation is 1. The SMILES string of the molecule is Cc1cccc(CNC(=O)c2n[nH]c3c2CNCC3)c1.Cl. The van der Waals surface area contributed by atoms with Gasteiger partial charge in [-0.1, -0.05) is 29.8 Å². The van der Waals surface area contributed by atoms with Gasteiger partial charge in [0.2, 0.25) is 0 Å². The Morgan fingerprint density at radius 2 is 2.29 bits per heavy atom. The number of rotatable bonds is 3. The number of benzene rings is 1. The third-order valence-corrected chi connectivity index (χ3v) is 3.56. The fourth-order valence-corrected chi connectivity index (χ4v) is 2.50. The van der Waals surface area contributed by atoms with Gasteiger partial charge in [-0.05, 0) is 12.5 Å². The van der Waals surface area contributed by atoms with E-state index in [1.54, 1.807) is 0 Å². The molecule has 1 aliphatic heterocycles. The van der Waals surface area contributed by atoms with Crippen molar-refractivity contribution in [1.29, 1.82) is 0 Å². The number of amides is 1. The molecule has 0 spiro atoms. The number of carbonyl (C=O) groups is 1. The Hall–Kier alpha value is -1.85. The molecule has 1 aromatic carbocycles. The number of aromatic amines is 1. The summed E-state index contributed by atoms with van der Waals surface area (Å²) in [5.74, 6) is -0.118. The topological polar surface area (TPSA) is 69.8 Å². The highest BCUT2D eigenvalue weighted by atomic mass is 35.5. The molecule has 0 saturated heterocycles. The first-order valence-corrected chi connectivity index (χ1v) is 6.84. The minimum Gasteiger partial charge on any atom is -0.347 e. The van der Waals surface area contributed by atoms with E-state index in [-0.39, 0.29) is 18.3 Å². The van der Waals surface area contributed by atoms with Crippen LogP contribution in [-0.4, -0.2) is 22.6 Å². The molecule has 0 fully saturated rings. The largest absolute Gasteiger partial charge is 0.347 e. The van der Waals surface area contributed by atoms with E-state index in [4.69, 9.17) is 0 Å². The predicted octanol–water partition coefficient (Wildman–Crippen LogP) is 1.72. The zero-order valence-electron chi connectivity index (χ0n) is 11.9. The summed E-state index contributed by atoms with van der Waals surface area (Å²) < 4.78 is 0. The van der Waals surface area contributed by atoms with Crippen molar-refractivity contribution in [3.8, 4) is 0 Å². The van der Waals surface area contributed by atoms with Crippen LogP contribution in [0.3, 0.4) is 0 Å². The van der Waals surface area contributed by atoms with Gasteiger partial charge in [-0.25, -0.2) is 0 Å². The maximum absolute atomic E-state index is 12.2. The van der Waals surface area contributed by atoms with E-state index in [1.165, 1.54) is 5.56 Å².